The third kappa shape index (κ3) is 5.43. The first-order valence-corrected chi connectivity index (χ1v) is 12.7. The molecule has 2 aliphatic rings. The van der Waals surface area contributed by atoms with E-state index in [9.17, 15) is 9.90 Å². The Morgan fingerprint density at radius 2 is 1.97 bits per heavy atom. The quantitative estimate of drug-likeness (QED) is 0.530. The highest BCUT2D eigenvalue weighted by Crippen LogP contribution is 2.32. The Morgan fingerprint density at radius 1 is 1.11 bits per heavy atom. The Kier molecular flexibility index (Phi) is 7.08. The Hall–Kier alpha value is -4.32. The molecule has 5 rings (SSSR count). The number of aromatic hydroxyl groups is 1. The molecule has 9 heteroatoms. The van der Waals surface area contributed by atoms with Crippen molar-refractivity contribution in [3.63, 3.8) is 0 Å². The molecule has 190 valence electrons. The van der Waals surface area contributed by atoms with E-state index in [-0.39, 0.29) is 11.7 Å². The van der Waals surface area contributed by atoms with Gasteiger partial charge in [-0.25, -0.2) is 4.98 Å². The fourth-order valence-corrected chi connectivity index (χ4v) is 4.91. The summed E-state index contributed by atoms with van der Waals surface area (Å²) in [5, 5.41) is 18.7. The average Bonchev–Trinajstić information content (AvgIpc) is 3.21. The van der Waals surface area contributed by atoms with Gasteiger partial charge in [0.1, 0.15) is 11.4 Å². The number of rotatable bonds is 4. The van der Waals surface area contributed by atoms with Crippen LogP contribution in [-0.4, -0.2) is 69.9 Å². The molecule has 1 aromatic carbocycles. The molecular weight excluding hydrogens is 466 g/mol. The zero-order valence-electron chi connectivity index (χ0n) is 21.0. The highest BCUT2D eigenvalue weighted by Gasteiger charge is 2.24. The second kappa shape index (κ2) is 10.7. The van der Waals surface area contributed by atoms with Crippen LogP contribution < -0.4 is 15.5 Å². The van der Waals surface area contributed by atoms with Crippen LogP contribution in [0.2, 0.25) is 0 Å². The summed E-state index contributed by atoms with van der Waals surface area (Å²) in [6, 6.07) is 13.3. The lowest BCUT2D eigenvalue weighted by atomic mass is 10.1. The van der Waals surface area contributed by atoms with Gasteiger partial charge in [-0.3, -0.25) is 4.79 Å². The summed E-state index contributed by atoms with van der Waals surface area (Å²) in [7, 11) is 0. The van der Waals surface area contributed by atoms with Crippen molar-refractivity contribution in [2.24, 2.45) is 0 Å². The number of hydrogen-bond donors (Lipinski definition) is 2. The molecule has 0 saturated carbocycles. The lowest BCUT2D eigenvalue weighted by molar-refractivity contribution is -0.127. The summed E-state index contributed by atoms with van der Waals surface area (Å²) in [6.45, 7) is 5.80. The van der Waals surface area contributed by atoms with Crippen LogP contribution in [0, 0.1) is 11.8 Å². The molecule has 0 unspecified atom stereocenters. The highest BCUT2D eigenvalue weighted by molar-refractivity contribution is 5.78. The summed E-state index contributed by atoms with van der Waals surface area (Å²) < 4.78 is 0. The number of aromatic nitrogens is 3. The van der Waals surface area contributed by atoms with E-state index >= 15 is 0 Å². The zero-order valence-corrected chi connectivity index (χ0v) is 21.0. The van der Waals surface area contributed by atoms with Crippen molar-refractivity contribution in [3.05, 3.63) is 54.4 Å². The number of amides is 1. The van der Waals surface area contributed by atoms with E-state index < -0.39 is 0 Å². The maximum absolute atomic E-state index is 11.8. The molecule has 1 atom stereocenters. The van der Waals surface area contributed by atoms with E-state index in [1.165, 1.54) is 0 Å². The normalized spacial score (nSPS) is 17.9. The average molecular weight is 498 g/mol. The van der Waals surface area contributed by atoms with Crippen LogP contribution in [0.25, 0.3) is 11.3 Å². The van der Waals surface area contributed by atoms with Crippen molar-refractivity contribution in [2.75, 3.05) is 48.3 Å². The fourth-order valence-electron chi connectivity index (χ4n) is 4.91. The van der Waals surface area contributed by atoms with Crippen LogP contribution in [0.15, 0.2) is 48.7 Å². The van der Waals surface area contributed by atoms with Crippen LogP contribution in [0.5, 0.6) is 5.75 Å². The molecule has 3 N–H and O–H groups in total. The largest absolute Gasteiger partial charge is 0.507 e. The maximum Gasteiger partial charge on any atom is 0.223 e. The number of phenolic OH excluding ortho intramolecular Hbond substituents is 1. The second-order valence-electron chi connectivity index (χ2n) is 9.46. The molecule has 2 aliphatic heterocycles. The van der Waals surface area contributed by atoms with Crippen LogP contribution in [-0.2, 0) is 4.79 Å². The van der Waals surface area contributed by atoms with Crippen molar-refractivity contribution < 1.29 is 9.90 Å². The van der Waals surface area contributed by atoms with Gasteiger partial charge < -0.3 is 25.5 Å². The molecule has 3 aromatic rings. The van der Waals surface area contributed by atoms with Gasteiger partial charge in [-0.15, -0.1) is 10.2 Å². The van der Waals surface area contributed by atoms with Gasteiger partial charge in [0.25, 0.3) is 0 Å². The van der Waals surface area contributed by atoms with Crippen LogP contribution in [0.3, 0.4) is 0 Å². The highest BCUT2D eigenvalue weighted by atomic mass is 16.3. The summed E-state index contributed by atoms with van der Waals surface area (Å²) in [5.41, 5.74) is 10.1. The maximum atomic E-state index is 11.8. The fraction of sp³-hybridized carbons (Fsp3) is 0.357. The molecule has 2 aromatic heterocycles. The van der Waals surface area contributed by atoms with Crippen LogP contribution >= 0.6 is 0 Å². The van der Waals surface area contributed by atoms with E-state index in [0.717, 1.165) is 50.4 Å². The molecule has 37 heavy (non-hydrogen) atoms. The number of anilines is 3. The van der Waals surface area contributed by atoms with Gasteiger partial charge in [0.2, 0.25) is 5.91 Å². The van der Waals surface area contributed by atoms with Gasteiger partial charge in [-0.05, 0) is 56.0 Å². The van der Waals surface area contributed by atoms with E-state index in [1.807, 2.05) is 30.3 Å². The molecule has 0 bridgehead atoms. The number of benzene rings is 1. The standard InChI is InChI=1S/C28H31N7O2/c1-20-11-15-33(25-19-24(31-32-28(25)29)23-7-2-3-8-26(23)36)16-17-35(20)22-10-12-30-21(18-22)6-4-13-34-14-5-9-27(34)37/h2-3,7-8,10,12,18-20,36H,5,9,11,13-17H2,1H3,(H2,29,32)/t20-/m0/s1. The Labute approximate surface area is 216 Å². The molecule has 2 fully saturated rings. The number of likely N-dealkylation sites (tertiary alicyclic amines) is 1. The summed E-state index contributed by atoms with van der Waals surface area (Å²) in [6.07, 6.45) is 4.25. The van der Waals surface area contributed by atoms with Crippen molar-refractivity contribution in [1.29, 1.82) is 0 Å². The number of carbonyl (C=O) groups is 1. The number of carbonyl (C=O) groups excluding carboxylic acids is 1. The Bertz CT molecular complexity index is 1350. The molecule has 9 nitrogen and oxygen atoms in total. The number of hydrogen-bond acceptors (Lipinski definition) is 8. The van der Waals surface area contributed by atoms with E-state index in [1.54, 1.807) is 23.2 Å². The smallest absolute Gasteiger partial charge is 0.223 e. The first-order chi connectivity index (χ1) is 18.0. The minimum absolute atomic E-state index is 0.159. The number of phenols is 1. The number of nitrogens with zero attached hydrogens (tertiary/aromatic N) is 6. The Morgan fingerprint density at radius 3 is 2.78 bits per heavy atom. The van der Waals surface area contributed by atoms with Crippen molar-refractivity contribution >= 4 is 23.1 Å². The first kappa shape index (κ1) is 24.4. The molecule has 0 spiro atoms. The van der Waals surface area contributed by atoms with Gasteiger partial charge in [-0.2, -0.15) is 0 Å². The van der Waals surface area contributed by atoms with Crippen molar-refractivity contribution in [1.82, 2.24) is 20.1 Å². The van der Waals surface area contributed by atoms with Gasteiger partial charge >= 0.3 is 0 Å². The van der Waals surface area contributed by atoms with Gasteiger partial charge in [-0.1, -0.05) is 18.1 Å². The SMILES string of the molecule is C[C@H]1CCN(c2cc(-c3ccccc3O)nnc2N)CCN1c1ccnc(C#CCN2CCCC2=O)c1. The lowest BCUT2D eigenvalue weighted by Crippen LogP contribution is -2.35. The van der Waals surface area contributed by atoms with Gasteiger partial charge in [0.05, 0.1) is 17.9 Å². The van der Waals surface area contributed by atoms with E-state index in [2.05, 4.69) is 43.7 Å². The summed E-state index contributed by atoms with van der Waals surface area (Å²) in [5.74, 6) is 6.94. The molecule has 4 heterocycles. The lowest BCUT2D eigenvalue weighted by Gasteiger charge is -2.29. The predicted molar refractivity (Wildman–Crippen MR) is 144 cm³/mol. The van der Waals surface area contributed by atoms with E-state index in [4.69, 9.17) is 5.73 Å². The Balaban J connectivity index is 1.31. The molecule has 0 radical (unpaired) electrons. The molecule has 1 amide bonds. The van der Waals surface area contributed by atoms with Crippen LogP contribution in [0.4, 0.5) is 17.2 Å². The minimum Gasteiger partial charge on any atom is -0.507 e. The monoisotopic (exact) mass is 497 g/mol. The van der Waals surface area contributed by atoms with Gasteiger partial charge in [0.15, 0.2) is 5.82 Å². The number of para-hydroxylation sites is 1. The summed E-state index contributed by atoms with van der Waals surface area (Å²) >= 11 is 0. The van der Waals surface area contributed by atoms with Gasteiger partial charge in [0, 0.05) is 56.1 Å². The zero-order chi connectivity index (χ0) is 25.8. The third-order valence-corrected chi connectivity index (χ3v) is 7.01. The predicted octanol–water partition coefficient (Wildman–Crippen LogP) is 2.91. The minimum atomic E-state index is 0.159. The van der Waals surface area contributed by atoms with Crippen molar-refractivity contribution in [3.8, 4) is 28.8 Å². The number of pyridine rings is 1. The topological polar surface area (TPSA) is 112 Å². The van der Waals surface area contributed by atoms with Crippen molar-refractivity contribution in [2.45, 2.75) is 32.2 Å². The van der Waals surface area contributed by atoms with Crippen LogP contribution in [0.1, 0.15) is 31.9 Å². The molecular formula is C28H31N7O2. The summed E-state index contributed by atoms with van der Waals surface area (Å²) in [4.78, 5) is 22.6. The third-order valence-electron chi connectivity index (χ3n) is 7.01. The number of nitrogen functional groups attached to an aromatic ring is 1. The number of nitrogens with two attached hydrogens (primary N) is 1. The molecule has 0 aliphatic carbocycles. The van der Waals surface area contributed by atoms with E-state index in [0.29, 0.717) is 41.8 Å². The molecule has 2 saturated heterocycles. The second-order valence-corrected chi connectivity index (χ2v) is 9.46. The first-order valence-electron chi connectivity index (χ1n) is 12.7.